The topological polar surface area (TPSA) is 45.6 Å². The van der Waals surface area contributed by atoms with E-state index in [9.17, 15) is 4.79 Å². The first kappa shape index (κ1) is 18.4. The summed E-state index contributed by atoms with van der Waals surface area (Å²) >= 11 is 2.82. The number of para-hydroxylation sites is 1. The Labute approximate surface area is 172 Å². The summed E-state index contributed by atoms with van der Waals surface area (Å²) in [5.41, 5.74) is 2.90. The minimum absolute atomic E-state index is 0.0766. The van der Waals surface area contributed by atoms with Crippen LogP contribution in [0.2, 0.25) is 0 Å². The third-order valence-electron chi connectivity index (χ3n) is 3.98. The van der Waals surface area contributed by atoms with Crippen LogP contribution in [0, 0.1) is 0 Å². The first-order chi connectivity index (χ1) is 13.7. The molecule has 0 saturated carbocycles. The minimum atomic E-state index is -0.0766. The molecule has 138 valence electrons. The van der Waals surface area contributed by atoms with Gasteiger partial charge in [-0.25, -0.2) is 4.98 Å². The third-order valence-corrected chi connectivity index (χ3v) is 5.62. The number of thioether (sulfide) groups is 1. The summed E-state index contributed by atoms with van der Waals surface area (Å²) in [6.07, 6.45) is 5.69. The SMILES string of the molecule is CC(/C=C1\S/C(=N/c2nccs2)N(c2ccccc2)C1=O)=C\c1ccccc1. The Balaban J connectivity index is 1.70. The number of aromatic nitrogens is 1. The smallest absolute Gasteiger partial charge is 0.268 e. The third kappa shape index (κ3) is 4.13. The van der Waals surface area contributed by atoms with Crippen LogP contribution in [0.25, 0.3) is 6.08 Å². The van der Waals surface area contributed by atoms with Crippen molar-refractivity contribution in [1.82, 2.24) is 4.98 Å². The number of hydrogen-bond acceptors (Lipinski definition) is 5. The highest BCUT2D eigenvalue weighted by atomic mass is 32.2. The highest BCUT2D eigenvalue weighted by Crippen LogP contribution is 2.37. The predicted octanol–water partition coefficient (Wildman–Crippen LogP) is 5.90. The molecule has 1 aliphatic rings. The number of anilines is 1. The Morgan fingerprint density at radius 3 is 2.46 bits per heavy atom. The first-order valence-corrected chi connectivity index (χ1v) is 10.4. The van der Waals surface area contributed by atoms with E-state index in [1.165, 1.54) is 23.1 Å². The Hall–Kier alpha value is -2.96. The van der Waals surface area contributed by atoms with E-state index in [0.29, 0.717) is 15.2 Å². The van der Waals surface area contributed by atoms with E-state index in [-0.39, 0.29) is 5.91 Å². The molecule has 1 amide bonds. The molecule has 1 fully saturated rings. The van der Waals surface area contributed by atoms with E-state index in [2.05, 4.69) is 16.1 Å². The van der Waals surface area contributed by atoms with Gasteiger partial charge in [0.2, 0.25) is 5.13 Å². The zero-order valence-corrected chi connectivity index (χ0v) is 16.8. The van der Waals surface area contributed by atoms with E-state index in [1.54, 1.807) is 11.1 Å². The van der Waals surface area contributed by atoms with E-state index in [0.717, 1.165) is 16.8 Å². The fourth-order valence-corrected chi connectivity index (χ4v) is 4.36. The molecule has 2 aromatic carbocycles. The quantitative estimate of drug-likeness (QED) is 0.510. The number of carbonyl (C=O) groups excluding carboxylic acids is 1. The average Bonchev–Trinajstić information content (AvgIpc) is 3.32. The largest absolute Gasteiger partial charge is 0.271 e. The van der Waals surface area contributed by atoms with Gasteiger partial charge in [-0.1, -0.05) is 54.6 Å². The van der Waals surface area contributed by atoms with Crippen LogP contribution in [0.3, 0.4) is 0 Å². The van der Waals surface area contributed by atoms with E-state index < -0.39 is 0 Å². The van der Waals surface area contributed by atoms with Gasteiger partial charge in [0.25, 0.3) is 5.91 Å². The molecule has 0 N–H and O–H groups in total. The van der Waals surface area contributed by atoms with Gasteiger partial charge in [-0.2, -0.15) is 4.99 Å². The molecule has 1 aromatic heterocycles. The van der Waals surface area contributed by atoms with Gasteiger partial charge in [-0.3, -0.25) is 9.69 Å². The number of amidine groups is 1. The Morgan fingerprint density at radius 1 is 1.07 bits per heavy atom. The number of aliphatic imine (C=N–C) groups is 1. The molecule has 4 rings (SSSR count). The molecule has 0 aliphatic carbocycles. The second-order valence-electron chi connectivity index (χ2n) is 6.09. The molecule has 0 unspecified atom stereocenters. The molecule has 2 heterocycles. The Kier molecular flexibility index (Phi) is 5.50. The summed E-state index contributed by atoms with van der Waals surface area (Å²) in [6, 6.07) is 19.6. The van der Waals surface area contributed by atoms with Gasteiger partial charge in [0.05, 0.1) is 10.6 Å². The lowest BCUT2D eigenvalue weighted by Gasteiger charge is -2.14. The van der Waals surface area contributed by atoms with Crippen LogP contribution in [0.1, 0.15) is 12.5 Å². The summed E-state index contributed by atoms with van der Waals surface area (Å²) < 4.78 is 0. The molecule has 0 radical (unpaired) electrons. The number of allylic oxidation sites excluding steroid dienone is 2. The van der Waals surface area contributed by atoms with Gasteiger partial charge >= 0.3 is 0 Å². The molecule has 0 spiro atoms. The second-order valence-corrected chi connectivity index (χ2v) is 7.98. The normalized spacial score (nSPS) is 17.7. The minimum Gasteiger partial charge on any atom is -0.268 e. The zero-order valence-electron chi connectivity index (χ0n) is 15.1. The van der Waals surface area contributed by atoms with E-state index in [4.69, 9.17) is 0 Å². The van der Waals surface area contributed by atoms with Crippen molar-refractivity contribution in [2.75, 3.05) is 4.90 Å². The van der Waals surface area contributed by atoms with Crippen molar-refractivity contribution in [2.45, 2.75) is 6.92 Å². The number of carbonyl (C=O) groups is 1. The standard InChI is InChI=1S/C22H17N3OS2/c1-16(14-17-8-4-2-5-9-17)15-19-20(26)25(18-10-6-3-7-11-18)22(28-19)24-21-23-12-13-27-21/h2-15H,1H3/b16-14+,19-15-,24-22+. The number of rotatable bonds is 4. The van der Waals surface area contributed by atoms with Crippen molar-refractivity contribution in [3.8, 4) is 0 Å². The molecule has 28 heavy (non-hydrogen) atoms. The summed E-state index contributed by atoms with van der Waals surface area (Å²) in [7, 11) is 0. The number of benzene rings is 2. The van der Waals surface area contributed by atoms with Gasteiger partial charge in [0, 0.05) is 11.6 Å². The van der Waals surface area contributed by atoms with Crippen LogP contribution >= 0.6 is 23.1 Å². The van der Waals surface area contributed by atoms with Crippen molar-refractivity contribution in [2.24, 2.45) is 4.99 Å². The summed E-state index contributed by atoms with van der Waals surface area (Å²) in [6.45, 7) is 2.00. The van der Waals surface area contributed by atoms with E-state index >= 15 is 0 Å². The molecule has 3 aromatic rings. The van der Waals surface area contributed by atoms with E-state index in [1.807, 2.05) is 79.0 Å². The fraction of sp³-hybridized carbons (Fsp3) is 0.0455. The van der Waals surface area contributed by atoms with Crippen molar-refractivity contribution in [3.63, 3.8) is 0 Å². The van der Waals surface area contributed by atoms with Crippen LogP contribution in [0.15, 0.2) is 93.8 Å². The van der Waals surface area contributed by atoms with Crippen LogP contribution in [0.4, 0.5) is 10.8 Å². The van der Waals surface area contributed by atoms with Gasteiger partial charge < -0.3 is 0 Å². The van der Waals surface area contributed by atoms with Crippen molar-refractivity contribution in [3.05, 3.63) is 94.4 Å². The van der Waals surface area contributed by atoms with Crippen molar-refractivity contribution in [1.29, 1.82) is 0 Å². The van der Waals surface area contributed by atoms with Gasteiger partial charge in [0.15, 0.2) is 5.17 Å². The van der Waals surface area contributed by atoms with Crippen LogP contribution in [-0.2, 0) is 4.79 Å². The number of nitrogens with zero attached hydrogens (tertiary/aromatic N) is 3. The lowest BCUT2D eigenvalue weighted by Crippen LogP contribution is -2.28. The van der Waals surface area contributed by atoms with Crippen molar-refractivity contribution < 1.29 is 4.79 Å². The van der Waals surface area contributed by atoms with Gasteiger partial charge in [0.1, 0.15) is 0 Å². The lowest BCUT2D eigenvalue weighted by atomic mass is 10.1. The molecule has 4 nitrogen and oxygen atoms in total. The zero-order chi connectivity index (χ0) is 19.3. The summed E-state index contributed by atoms with van der Waals surface area (Å²) in [4.78, 5) is 24.3. The monoisotopic (exact) mass is 403 g/mol. The van der Waals surface area contributed by atoms with Crippen LogP contribution in [0.5, 0.6) is 0 Å². The number of amides is 1. The molecule has 1 saturated heterocycles. The van der Waals surface area contributed by atoms with Crippen molar-refractivity contribution >= 4 is 51.1 Å². The maximum atomic E-state index is 13.1. The van der Waals surface area contributed by atoms with Crippen LogP contribution in [-0.4, -0.2) is 16.1 Å². The predicted molar refractivity (Wildman–Crippen MR) is 119 cm³/mol. The van der Waals surface area contributed by atoms with Gasteiger partial charge in [-0.15, -0.1) is 11.3 Å². The molecule has 0 atom stereocenters. The number of thiazole rings is 1. The highest BCUT2D eigenvalue weighted by molar-refractivity contribution is 8.19. The molecular weight excluding hydrogens is 386 g/mol. The lowest BCUT2D eigenvalue weighted by molar-refractivity contribution is -0.113. The maximum absolute atomic E-state index is 13.1. The molecule has 0 bridgehead atoms. The Bertz CT molecular complexity index is 1060. The summed E-state index contributed by atoms with van der Waals surface area (Å²) in [5.74, 6) is -0.0766. The molecule has 1 aliphatic heterocycles. The summed E-state index contributed by atoms with van der Waals surface area (Å²) in [5, 5.41) is 3.12. The molecular formula is C22H17N3OS2. The van der Waals surface area contributed by atoms with Crippen LogP contribution < -0.4 is 4.90 Å². The first-order valence-electron chi connectivity index (χ1n) is 8.71. The second kappa shape index (κ2) is 8.37. The fourth-order valence-electron chi connectivity index (χ4n) is 2.77. The Morgan fingerprint density at radius 2 is 1.79 bits per heavy atom. The average molecular weight is 404 g/mol. The van der Waals surface area contributed by atoms with Gasteiger partial charge in [-0.05, 0) is 48.0 Å². The maximum Gasteiger partial charge on any atom is 0.271 e. The number of hydrogen-bond donors (Lipinski definition) is 0. The molecule has 6 heteroatoms. The highest BCUT2D eigenvalue weighted by Gasteiger charge is 2.34.